The Morgan fingerprint density at radius 2 is 1.17 bits per heavy atom. The quantitative estimate of drug-likeness (QED) is 0.813. The van der Waals surface area contributed by atoms with Gasteiger partial charge in [-0.3, -0.25) is 9.59 Å². The first-order chi connectivity index (χ1) is 11.1. The summed E-state index contributed by atoms with van der Waals surface area (Å²) >= 11 is 0. The third-order valence-corrected chi connectivity index (χ3v) is 4.09. The van der Waals surface area contributed by atoms with Gasteiger partial charge in [0.2, 0.25) is 0 Å². The number of hydrogen-bond acceptors (Lipinski definition) is 3. The first kappa shape index (κ1) is 15.4. The van der Waals surface area contributed by atoms with Crippen molar-refractivity contribution >= 4 is 11.6 Å². The lowest BCUT2D eigenvalue weighted by Gasteiger charge is -2.15. The molecule has 3 nitrogen and oxygen atoms in total. The maximum Gasteiger partial charge on any atom is 0.141 e. The zero-order valence-electron chi connectivity index (χ0n) is 12.9. The van der Waals surface area contributed by atoms with Gasteiger partial charge >= 0.3 is 0 Å². The average molecular weight is 312 g/mol. The van der Waals surface area contributed by atoms with E-state index in [2.05, 4.69) is 0 Å². The van der Waals surface area contributed by atoms with Gasteiger partial charge < -0.3 is 4.74 Å². The number of carbonyl (C=O) groups excluding carboxylic acids is 2. The fourth-order valence-electron chi connectivity index (χ4n) is 3.06. The zero-order valence-corrected chi connectivity index (χ0v) is 12.9. The molecule has 2 aromatic rings. The molecule has 1 aliphatic carbocycles. The van der Waals surface area contributed by atoms with Crippen LogP contribution in [0, 0.1) is 5.82 Å². The summed E-state index contributed by atoms with van der Waals surface area (Å²) in [6.07, 6.45) is 0.353. The van der Waals surface area contributed by atoms with Crippen molar-refractivity contribution in [3.63, 3.8) is 0 Å². The molecule has 0 unspecified atom stereocenters. The van der Waals surface area contributed by atoms with Crippen molar-refractivity contribution in [3.8, 4) is 5.75 Å². The van der Waals surface area contributed by atoms with E-state index in [1.807, 2.05) is 18.2 Å². The van der Waals surface area contributed by atoms with Crippen molar-refractivity contribution in [3.05, 3.63) is 64.5 Å². The van der Waals surface area contributed by atoms with Crippen LogP contribution in [0.3, 0.4) is 0 Å². The largest absolute Gasteiger partial charge is 0.496 e. The van der Waals surface area contributed by atoms with Crippen molar-refractivity contribution in [2.75, 3.05) is 7.11 Å². The standard InChI is InChI=1S/C19H17FO3/c1-23-19-14-6-3-7-15(19)11-17(22)9-13-5-2-4-12(18(13)20)8-16(21)10-14/h2-7H,8-11H2,1H3. The van der Waals surface area contributed by atoms with Crippen molar-refractivity contribution in [2.45, 2.75) is 25.7 Å². The second-order valence-electron chi connectivity index (χ2n) is 5.78. The number of rotatable bonds is 1. The van der Waals surface area contributed by atoms with Crippen LogP contribution >= 0.6 is 0 Å². The van der Waals surface area contributed by atoms with E-state index in [9.17, 15) is 14.0 Å². The molecule has 0 N–H and O–H groups in total. The minimum atomic E-state index is -0.439. The Bertz CT molecular complexity index is 724. The van der Waals surface area contributed by atoms with E-state index in [1.54, 1.807) is 18.2 Å². The monoisotopic (exact) mass is 312 g/mol. The predicted octanol–water partition coefficient (Wildman–Crippen LogP) is 2.86. The van der Waals surface area contributed by atoms with Crippen LogP contribution in [0.4, 0.5) is 4.39 Å². The second-order valence-corrected chi connectivity index (χ2v) is 5.78. The topological polar surface area (TPSA) is 43.4 Å². The highest BCUT2D eigenvalue weighted by molar-refractivity contribution is 5.86. The Morgan fingerprint density at radius 3 is 1.61 bits per heavy atom. The number of ether oxygens (including phenoxy) is 1. The van der Waals surface area contributed by atoms with Gasteiger partial charge in [-0.2, -0.15) is 0 Å². The smallest absolute Gasteiger partial charge is 0.141 e. The van der Waals surface area contributed by atoms with Crippen LogP contribution in [0.2, 0.25) is 0 Å². The summed E-state index contributed by atoms with van der Waals surface area (Å²) in [7, 11) is 1.53. The minimum absolute atomic E-state index is 0.0151. The van der Waals surface area contributed by atoms with Crippen LogP contribution < -0.4 is 4.74 Å². The molecule has 0 spiro atoms. The average Bonchev–Trinajstić information content (AvgIpc) is 2.51. The van der Waals surface area contributed by atoms with Gasteiger partial charge in [0.25, 0.3) is 0 Å². The van der Waals surface area contributed by atoms with Gasteiger partial charge in [0.15, 0.2) is 0 Å². The van der Waals surface area contributed by atoms with Crippen molar-refractivity contribution < 1.29 is 18.7 Å². The molecule has 0 amide bonds. The molecular weight excluding hydrogens is 295 g/mol. The van der Waals surface area contributed by atoms with Gasteiger partial charge in [0, 0.05) is 36.8 Å². The Morgan fingerprint density at radius 1 is 0.783 bits per heavy atom. The van der Waals surface area contributed by atoms with E-state index in [0.717, 1.165) is 11.1 Å². The van der Waals surface area contributed by atoms with Crippen LogP contribution in [0.15, 0.2) is 36.4 Å². The van der Waals surface area contributed by atoms with Crippen molar-refractivity contribution in [2.24, 2.45) is 0 Å². The number of methoxy groups -OCH3 is 1. The Labute approximate surface area is 134 Å². The molecule has 4 bridgehead atoms. The second kappa shape index (κ2) is 6.32. The molecule has 0 radical (unpaired) electrons. The predicted molar refractivity (Wildman–Crippen MR) is 84.2 cm³/mol. The summed E-state index contributed by atoms with van der Waals surface area (Å²) in [6.45, 7) is 0. The molecule has 0 fully saturated rings. The Hall–Kier alpha value is -2.49. The number of benzene rings is 2. The molecule has 4 heteroatoms. The molecule has 0 aliphatic heterocycles. The fourth-order valence-corrected chi connectivity index (χ4v) is 3.06. The van der Waals surface area contributed by atoms with Gasteiger partial charge in [-0.05, 0) is 11.1 Å². The highest BCUT2D eigenvalue weighted by Crippen LogP contribution is 2.27. The molecular formula is C19H17FO3. The van der Waals surface area contributed by atoms with Gasteiger partial charge in [-0.15, -0.1) is 0 Å². The number of carbonyl (C=O) groups is 2. The number of para-hydroxylation sites is 1. The summed E-state index contributed by atoms with van der Waals surface area (Å²) in [4.78, 5) is 24.6. The van der Waals surface area contributed by atoms with E-state index >= 15 is 0 Å². The molecule has 3 rings (SSSR count). The fraction of sp³-hybridized carbons (Fsp3) is 0.263. The van der Waals surface area contributed by atoms with E-state index in [1.165, 1.54) is 7.11 Å². The number of hydrogen-bond donors (Lipinski definition) is 0. The minimum Gasteiger partial charge on any atom is -0.496 e. The number of fused-ring (bicyclic) bond motifs is 4. The molecule has 0 atom stereocenters. The van der Waals surface area contributed by atoms with Gasteiger partial charge in [0.05, 0.1) is 7.11 Å². The van der Waals surface area contributed by atoms with Gasteiger partial charge in [0.1, 0.15) is 23.1 Å². The van der Waals surface area contributed by atoms with Crippen molar-refractivity contribution in [1.82, 2.24) is 0 Å². The third kappa shape index (κ3) is 3.16. The van der Waals surface area contributed by atoms with Crippen LogP contribution in [-0.4, -0.2) is 18.7 Å². The SMILES string of the molecule is COc1c2cccc1CC(=O)Cc1cccc(c1F)CC(=O)C2. The molecule has 1 aliphatic rings. The van der Waals surface area contributed by atoms with Gasteiger partial charge in [-0.25, -0.2) is 4.39 Å². The summed E-state index contributed by atoms with van der Waals surface area (Å²) in [5.41, 5.74) is 2.16. The van der Waals surface area contributed by atoms with Gasteiger partial charge in [-0.1, -0.05) is 36.4 Å². The van der Waals surface area contributed by atoms with Crippen LogP contribution in [-0.2, 0) is 35.3 Å². The Balaban J connectivity index is 2.08. The highest BCUT2D eigenvalue weighted by Gasteiger charge is 2.20. The molecule has 23 heavy (non-hydrogen) atoms. The van der Waals surface area contributed by atoms with Crippen LogP contribution in [0.25, 0.3) is 0 Å². The summed E-state index contributed by atoms with van der Waals surface area (Å²) in [5.74, 6) is -0.0175. The van der Waals surface area contributed by atoms with E-state index in [-0.39, 0.29) is 37.2 Å². The number of halogens is 1. The maximum atomic E-state index is 14.5. The van der Waals surface area contributed by atoms with Crippen LogP contribution in [0.5, 0.6) is 5.75 Å². The highest BCUT2D eigenvalue weighted by atomic mass is 19.1. The molecule has 0 aromatic heterocycles. The summed E-state index contributed by atoms with van der Waals surface area (Å²) < 4.78 is 19.9. The zero-order chi connectivity index (χ0) is 16.4. The number of ketones is 2. The first-order valence-electron chi connectivity index (χ1n) is 7.53. The van der Waals surface area contributed by atoms with Crippen molar-refractivity contribution in [1.29, 1.82) is 0 Å². The van der Waals surface area contributed by atoms with E-state index < -0.39 is 5.82 Å². The summed E-state index contributed by atoms with van der Waals surface area (Å²) in [6, 6.07) is 10.3. The normalized spacial score (nSPS) is 14.9. The van der Waals surface area contributed by atoms with E-state index in [0.29, 0.717) is 16.9 Å². The maximum absolute atomic E-state index is 14.5. The Kier molecular flexibility index (Phi) is 4.24. The van der Waals surface area contributed by atoms with Crippen LogP contribution in [0.1, 0.15) is 22.3 Å². The third-order valence-electron chi connectivity index (χ3n) is 4.09. The lowest BCUT2D eigenvalue weighted by molar-refractivity contribution is -0.118. The first-order valence-corrected chi connectivity index (χ1v) is 7.53. The molecule has 118 valence electrons. The molecule has 2 aromatic carbocycles. The molecule has 0 heterocycles. The molecule has 0 saturated carbocycles. The lowest BCUT2D eigenvalue weighted by atomic mass is 9.93. The van der Waals surface area contributed by atoms with E-state index in [4.69, 9.17) is 4.74 Å². The lowest BCUT2D eigenvalue weighted by Crippen LogP contribution is -2.15. The summed E-state index contributed by atoms with van der Waals surface area (Å²) in [5, 5.41) is 0. The number of Topliss-reactive ketones (excluding diaryl/α,β-unsaturated/α-hetero) is 2. The molecule has 0 saturated heterocycles.